The summed E-state index contributed by atoms with van der Waals surface area (Å²) in [6.45, 7) is 2.03. The van der Waals surface area contributed by atoms with E-state index in [0.29, 0.717) is 43.7 Å². The highest BCUT2D eigenvalue weighted by Crippen LogP contribution is 2.15. The second-order valence-corrected chi connectivity index (χ2v) is 7.09. The van der Waals surface area contributed by atoms with Gasteiger partial charge in [0.2, 0.25) is 0 Å². The Hall–Kier alpha value is -3.41. The molecule has 0 unspecified atom stereocenters. The maximum atomic E-state index is 13.4. The van der Waals surface area contributed by atoms with Crippen molar-refractivity contribution in [3.05, 3.63) is 90.0 Å². The van der Waals surface area contributed by atoms with Crippen molar-refractivity contribution < 1.29 is 14.0 Å². The molecule has 1 fully saturated rings. The van der Waals surface area contributed by atoms with Crippen molar-refractivity contribution in [2.45, 2.75) is 6.42 Å². The summed E-state index contributed by atoms with van der Waals surface area (Å²) in [6, 6.07) is 17.1. The van der Waals surface area contributed by atoms with Gasteiger partial charge in [-0.05, 0) is 61.0 Å². The molecule has 3 aromatic rings. The fourth-order valence-corrected chi connectivity index (χ4v) is 3.59. The van der Waals surface area contributed by atoms with Crippen LogP contribution in [-0.4, -0.2) is 52.4 Å². The number of amides is 2. The first-order valence-corrected chi connectivity index (χ1v) is 9.69. The molecule has 0 aliphatic carbocycles. The average Bonchev–Trinajstić information content (AvgIpc) is 3.17. The fourth-order valence-electron chi connectivity index (χ4n) is 3.59. The molecule has 148 valence electrons. The summed E-state index contributed by atoms with van der Waals surface area (Å²) in [5.74, 6) is -0.662. The van der Waals surface area contributed by atoms with Crippen molar-refractivity contribution >= 4 is 11.8 Å². The topological polar surface area (TPSA) is 45.6 Å². The fraction of sp³-hybridized carbons (Fsp3) is 0.217. The van der Waals surface area contributed by atoms with Gasteiger partial charge in [0, 0.05) is 55.4 Å². The van der Waals surface area contributed by atoms with E-state index in [1.807, 2.05) is 53.4 Å². The lowest BCUT2D eigenvalue weighted by molar-refractivity contribution is 0.0718. The molecule has 0 saturated carbocycles. The van der Waals surface area contributed by atoms with Crippen molar-refractivity contribution in [2.75, 3.05) is 26.2 Å². The van der Waals surface area contributed by atoms with Gasteiger partial charge in [-0.1, -0.05) is 6.07 Å². The highest BCUT2D eigenvalue weighted by Gasteiger charge is 2.23. The Balaban J connectivity index is 1.41. The Bertz CT molecular complexity index is 999. The summed E-state index contributed by atoms with van der Waals surface area (Å²) >= 11 is 0. The van der Waals surface area contributed by atoms with E-state index in [1.165, 1.54) is 18.2 Å². The van der Waals surface area contributed by atoms with Gasteiger partial charge in [0.05, 0.1) is 0 Å². The van der Waals surface area contributed by atoms with Crippen LogP contribution in [0.25, 0.3) is 5.69 Å². The van der Waals surface area contributed by atoms with Crippen LogP contribution < -0.4 is 0 Å². The van der Waals surface area contributed by atoms with E-state index in [2.05, 4.69) is 0 Å². The van der Waals surface area contributed by atoms with Gasteiger partial charge in [0.15, 0.2) is 0 Å². The Morgan fingerprint density at radius 3 is 1.97 bits per heavy atom. The maximum Gasteiger partial charge on any atom is 0.254 e. The minimum absolute atomic E-state index is 0.0379. The highest BCUT2D eigenvalue weighted by molar-refractivity contribution is 5.95. The van der Waals surface area contributed by atoms with Gasteiger partial charge in [-0.3, -0.25) is 9.59 Å². The average molecular weight is 391 g/mol. The van der Waals surface area contributed by atoms with Crippen molar-refractivity contribution in [3.8, 4) is 5.69 Å². The molecule has 2 aromatic carbocycles. The highest BCUT2D eigenvalue weighted by atomic mass is 19.1. The number of aromatic nitrogens is 1. The van der Waals surface area contributed by atoms with Gasteiger partial charge in [-0.25, -0.2) is 4.39 Å². The third-order valence-corrected chi connectivity index (χ3v) is 5.16. The van der Waals surface area contributed by atoms with E-state index in [9.17, 15) is 14.0 Å². The molecule has 0 spiro atoms. The van der Waals surface area contributed by atoms with Gasteiger partial charge in [0.25, 0.3) is 11.8 Å². The molecule has 5 nitrogen and oxygen atoms in total. The van der Waals surface area contributed by atoms with Crippen LogP contribution in [0.3, 0.4) is 0 Å². The molecule has 4 rings (SSSR count). The van der Waals surface area contributed by atoms with Crippen molar-refractivity contribution in [3.63, 3.8) is 0 Å². The van der Waals surface area contributed by atoms with Gasteiger partial charge in [0.1, 0.15) is 5.82 Å². The molecule has 6 heteroatoms. The summed E-state index contributed by atoms with van der Waals surface area (Å²) in [7, 11) is 0. The van der Waals surface area contributed by atoms with Gasteiger partial charge in [-0.2, -0.15) is 0 Å². The van der Waals surface area contributed by atoms with Crippen LogP contribution in [0, 0.1) is 5.82 Å². The van der Waals surface area contributed by atoms with Gasteiger partial charge < -0.3 is 14.4 Å². The largest absolute Gasteiger partial charge is 0.337 e. The van der Waals surface area contributed by atoms with Crippen LogP contribution in [0.5, 0.6) is 0 Å². The lowest BCUT2D eigenvalue weighted by atomic mass is 10.1. The Morgan fingerprint density at radius 2 is 1.34 bits per heavy atom. The van der Waals surface area contributed by atoms with Gasteiger partial charge >= 0.3 is 0 Å². The van der Waals surface area contributed by atoms with E-state index in [0.717, 1.165) is 5.69 Å². The number of carbonyl (C=O) groups excluding carboxylic acids is 2. The van der Waals surface area contributed by atoms with E-state index in [-0.39, 0.29) is 11.8 Å². The summed E-state index contributed by atoms with van der Waals surface area (Å²) in [5, 5.41) is 0. The molecule has 1 aliphatic heterocycles. The van der Waals surface area contributed by atoms with Crippen LogP contribution in [-0.2, 0) is 0 Å². The molecular formula is C23H22FN3O2. The summed E-state index contributed by atoms with van der Waals surface area (Å²) in [6.07, 6.45) is 4.60. The van der Waals surface area contributed by atoms with E-state index in [4.69, 9.17) is 0 Å². The van der Waals surface area contributed by atoms with E-state index >= 15 is 0 Å². The number of rotatable bonds is 3. The zero-order valence-electron chi connectivity index (χ0n) is 16.0. The maximum absolute atomic E-state index is 13.4. The third-order valence-electron chi connectivity index (χ3n) is 5.16. The molecule has 1 saturated heterocycles. The number of hydrogen-bond acceptors (Lipinski definition) is 2. The first-order valence-electron chi connectivity index (χ1n) is 9.69. The van der Waals surface area contributed by atoms with Crippen LogP contribution in [0.1, 0.15) is 27.1 Å². The standard InChI is InChI=1S/C23H22FN3O2/c24-20-6-3-5-19(17-20)23(29)27-14-4-13-26(15-16-27)22(28)18-7-9-21(10-8-18)25-11-1-2-12-25/h1-3,5-12,17H,4,13-16H2. The zero-order chi connectivity index (χ0) is 20.2. The summed E-state index contributed by atoms with van der Waals surface area (Å²) in [5.41, 5.74) is 1.96. The van der Waals surface area contributed by atoms with Crippen molar-refractivity contribution in [1.82, 2.24) is 14.4 Å². The molecule has 2 amide bonds. The number of nitrogens with zero attached hydrogens (tertiary/aromatic N) is 3. The summed E-state index contributed by atoms with van der Waals surface area (Å²) in [4.78, 5) is 29.0. The van der Waals surface area contributed by atoms with Crippen LogP contribution in [0.15, 0.2) is 73.1 Å². The number of hydrogen-bond donors (Lipinski definition) is 0. The second kappa shape index (κ2) is 8.31. The number of benzene rings is 2. The molecule has 1 aromatic heterocycles. The van der Waals surface area contributed by atoms with Crippen molar-refractivity contribution in [1.29, 1.82) is 0 Å². The van der Waals surface area contributed by atoms with E-state index < -0.39 is 5.82 Å². The number of carbonyl (C=O) groups is 2. The minimum atomic E-state index is -0.425. The van der Waals surface area contributed by atoms with E-state index in [1.54, 1.807) is 15.9 Å². The molecule has 0 radical (unpaired) electrons. The van der Waals surface area contributed by atoms with Crippen LogP contribution in [0.2, 0.25) is 0 Å². The first-order chi connectivity index (χ1) is 14.1. The predicted molar refractivity (Wildman–Crippen MR) is 109 cm³/mol. The quantitative estimate of drug-likeness (QED) is 0.685. The molecule has 0 bridgehead atoms. The monoisotopic (exact) mass is 391 g/mol. The molecule has 0 N–H and O–H groups in total. The zero-order valence-corrected chi connectivity index (χ0v) is 16.0. The normalized spacial score (nSPS) is 14.5. The predicted octanol–water partition coefficient (Wildman–Crippen LogP) is 3.60. The molecule has 29 heavy (non-hydrogen) atoms. The molecule has 0 atom stereocenters. The van der Waals surface area contributed by atoms with Gasteiger partial charge in [-0.15, -0.1) is 0 Å². The Labute approximate surface area is 169 Å². The molecule has 1 aliphatic rings. The Kier molecular flexibility index (Phi) is 5.42. The van der Waals surface area contributed by atoms with Crippen LogP contribution >= 0.6 is 0 Å². The SMILES string of the molecule is O=C(c1ccc(-n2cccc2)cc1)N1CCCN(C(=O)c2cccc(F)c2)CC1. The van der Waals surface area contributed by atoms with Crippen LogP contribution in [0.4, 0.5) is 4.39 Å². The summed E-state index contributed by atoms with van der Waals surface area (Å²) < 4.78 is 15.4. The molecular weight excluding hydrogens is 369 g/mol. The second-order valence-electron chi connectivity index (χ2n) is 7.09. The smallest absolute Gasteiger partial charge is 0.254 e. The Morgan fingerprint density at radius 1 is 0.724 bits per heavy atom. The number of halogens is 1. The third kappa shape index (κ3) is 4.21. The lowest BCUT2D eigenvalue weighted by Crippen LogP contribution is -2.37. The van der Waals surface area contributed by atoms with Crippen molar-refractivity contribution in [2.24, 2.45) is 0 Å². The molecule has 2 heterocycles. The minimum Gasteiger partial charge on any atom is -0.337 e. The lowest BCUT2D eigenvalue weighted by Gasteiger charge is -2.22. The first kappa shape index (κ1) is 18.9.